The Bertz CT molecular complexity index is 915. The second kappa shape index (κ2) is 7.04. The zero-order chi connectivity index (χ0) is 17.8. The maximum Gasteiger partial charge on any atom is 0.177 e. The Kier molecular flexibility index (Phi) is 4.65. The first kappa shape index (κ1) is 16.5. The van der Waals surface area contributed by atoms with Gasteiger partial charge in [0.1, 0.15) is 5.75 Å². The number of hydrogen-bond acceptors (Lipinski definition) is 5. The summed E-state index contributed by atoms with van der Waals surface area (Å²) in [5.74, 6) is 1.24. The predicted molar refractivity (Wildman–Crippen MR) is 97.9 cm³/mol. The molecule has 3 aromatic rings. The van der Waals surface area contributed by atoms with Gasteiger partial charge in [-0.1, -0.05) is 30.3 Å². The van der Waals surface area contributed by atoms with Crippen LogP contribution < -0.4 is 16.2 Å². The van der Waals surface area contributed by atoms with Crippen molar-refractivity contribution in [3.63, 3.8) is 0 Å². The molecule has 0 amide bonds. The first-order chi connectivity index (χ1) is 12.1. The van der Waals surface area contributed by atoms with E-state index in [1.807, 2.05) is 55.5 Å². The van der Waals surface area contributed by atoms with Gasteiger partial charge in [0.15, 0.2) is 17.3 Å². The Morgan fingerprint density at radius 2 is 1.96 bits per heavy atom. The highest BCUT2D eigenvalue weighted by Gasteiger charge is 2.13. The van der Waals surface area contributed by atoms with Gasteiger partial charge in [-0.2, -0.15) is 0 Å². The average Bonchev–Trinajstić information content (AvgIpc) is 3.02. The van der Waals surface area contributed by atoms with Crippen molar-refractivity contribution >= 4 is 11.7 Å². The monoisotopic (exact) mass is 336 g/mol. The number of amidine groups is 1. The lowest BCUT2D eigenvalue weighted by Gasteiger charge is -2.05. The van der Waals surface area contributed by atoms with E-state index in [9.17, 15) is 0 Å². The molecule has 7 heteroatoms. The van der Waals surface area contributed by atoms with Gasteiger partial charge in [-0.3, -0.25) is 4.99 Å². The fraction of sp³-hybridized carbons (Fsp3) is 0.167. The largest absolute Gasteiger partial charge is 0.496 e. The Morgan fingerprint density at radius 1 is 1.16 bits per heavy atom. The molecule has 0 unspecified atom stereocenters. The van der Waals surface area contributed by atoms with Crippen LogP contribution in [0.2, 0.25) is 0 Å². The van der Waals surface area contributed by atoms with Crippen LogP contribution in [0.25, 0.3) is 5.69 Å². The lowest BCUT2D eigenvalue weighted by Crippen LogP contribution is -2.16. The normalized spacial score (nSPS) is 11.5. The van der Waals surface area contributed by atoms with Gasteiger partial charge in [-0.25, -0.2) is 0 Å². The van der Waals surface area contributed by atoms with E-state index in [1.165, 1.54) is 4.80 Å². The number of hydrogen-bond donors (Lipinski definition) is 2. The zero-order valence-corrected chi connectivity index (χ0v) is 14.2. The Balaban J connectivity index is 1.86. The molecule has 0 aliphatic rings. The highest BCUT2D eigenvalue weighted by atomic mass is 16.5. The minimum atomic E-state index is 0.238. The Hall–Kier alpha value is -3.35. The number of nitrogens with zero attached hydrogens (tertiary/aromatic N) is 4. The maximum absolute atomic E-state index is 6.07. The molecule has 3 rings (SSSR count). The molecule has 4 N–H and O–H groups in total. The summed E-state index contributed by atoms with van der Waals surface area (Å²) in [7, 11) is 1.62. The summed E-state index contributed by atoms with van der Waals surface area (Å²) >= 11 is 0. The van der Waals surface area contributed by atoms with Gasteiger partial charge in [-0.05, 0) is 30.7 Å². The van der Waals surface area contributed by atoms with Crippen molar-refractivity contribution in [2.24, 2.45) is 10.7 Å². The molecule has 0 fully saturated rings. The topological polar surface area (TPSA) is 104 Å². The van der Waals surface area contributed by atoms with Crippen LogP contribution in [0.1, 0.15) is 16.8 Å². The van der Waals surface area contributed by atoms with Crippen molar-refractivity contribution in [2.75, 3.05) is 12.8 Å². The third-order valence-corrected chi connectivity index (χ3v) is 3.73. The first-order valence-electron chi connectivity index (χ1n) is 7.80. The SMILES string of the molecule is COc1ccccc1CN=C(N)c1nn(-c2cccc(C)c2)nc1N. The van der Waals surface area contributed by atoms with E-state index in [1.54, 1.807) is 7.11 Å². The van der Waals surface area contributed by atoms with E-state index in [0.29, 0.717) is 12.2 Å². The highest BCUT2D eigenvalue weighted by Crippen LogP contribution is 2.18. The molecule has 0 aliphatic heterocycles. The average molecular weight is 336 g/mol. The number of nitrogen functional groups attached to an aromatic ring is 1. The molecule has 0 radical (unpaired) electrons. The van der Waals surface area contributed by atoms with E-state index in [0.717, 1.165) is 22.6 Å². The quantitative estimate of drug-likeness (QED) is 0.548. The van der Waals surface area contributed by atoms with E-state index < -0.39 is 0 Å². The molecule has 1 aromatic heterocycles. The molecule has 0 saturated carbocycles. The Morgan fingerprint density at radius 3 is 2.72 bits per heavy atom. The van der Waals surface area contributed by atoms with E-state index >= 15 is 0 Å². The van der Waals surface area contributed by atoms with Gasteiger partial charge in [0.2, 0.25) is 0 Å². The van der Waals surface area contributed by atoms with Crippen LogP contribution in [0.3, 0.4) is 0 Å². The summed E-state index contributed by atoms with van der Waals surface area (Å²) in [4.78, 5) is 5.84. The van der Waals surface area contributed by atoms with Crippen molar-refractivity contribution in [3.8, 4) is 11.4 Å². The summed E-state index contributed by atoms with van der Waals surface area (Å²) < 4.78 is 5.31. The molecule has 7 nitrogen and oxygen atoms in total. The minimum absolute atomic E-state index is 0.238. The molecular formula is C18H20N6O. The van der Waals surface area contributed by atoms with Gasteiger partial charge in [0.25, 0.3) is 0 Å². The van der Waals surface area contributed by atoms with Crippen LogP contribution in [0.15, 0.2) is 53.5 Å². The van der Waals surface area contributed by atoms with Crippen LogP contribution in [0.5, 0.6) is 5.75 Å². The predicted octanol–water partition coefficient (Wildman–Crippen LogP) is 2.07. The molecule has 25 heavy (non-hydrogen) atoms. The number of aromatic nitrogens is 3. The first-order valence-corrected chi connectivity index (χ1v) is 7.80. The van der Waals surface area contributed by atoms with Crippen LogP contribution in [0, 0.1) is 6.92 Å². The third kappa shape index (κ3) is 3.60. The van der Waals surface area contributed by atoms with Gasteiger partial charge < -0.3 is 16.2 Å². The van der Waals surface area contributed by atoms with Gasteiger partial charge in [0.05, 0.1) is 19.3 Å². The van der Waals surface area contributed by atoms with Crippen LogP contribution in [-0.4, -0.2) is 27.9 Å². The van der Waals surface area contributed by atoms with E-state index in [2.05, 4.69) is 15.2 Å². The number of anilines is 1. The molecule has 2 aromatic carbocycles. The van der Waals surface area contributed by atoms with E-state index in [4.69, 9.17) is 16.2 Å². The molecule has 0 aliphatic carbocycles. The number of para-hydroxylation sites is 1. The summed E-state index contributed by atoms with van der Waals surface area (Å²) in [6.07, 6.45) is 0. The second-order valence-corrected chi connectivity index (χ2v) is 5.58. The molecule has 1 heterocycles. The van der Waals surface area contributed by atoms with Crippen LogP contribution >= 0.6 is 0 Å². The van der Waals surface area contributed by atoms with Gasteiger partial charge in [-0.15, -0.1) is 15.0 Å². The molecule has 128 valence electrons. The van der Waals surface area contributed by atoms with Crippen molar-refractivity contribution < 1.29 is 4.74 Å². The summed E-state index contributed by atoms with van der Waals surface area (Å²) in [6.45, 7) is 2.37. The fourth-order valence-corrected chi connectivity index (χ4v) is 2.45. The second-order valence-electron chi connectivity index (χ2n) is 5.58. The zero-order valence-electron chi connectivity index (χ0n) is 14.2. The molecule has 0 saturated heterocycles. The molecule has 0 bridgehead atoms. The molecular weight excluding hydrogens is 316 g/mol. The number of methoxy groups -OCH3 is 1. The summed E-state index contributed by atoms with van der Waals surface area (Å²) in [5.41, 5.74) is 15.3. The fourth-order valence-electron chi connectivity index (χ4n) is 2.45. The molecule has 0 atom stereocenters. The summed E-state index contributed by atoms with van der Waals surface area (Å²) in [6, 6.07) is 15.4. The standard InChI is InChI=1S/C18H20N6O/c1-12-6-5-8-14(10-12)24-22-16(18(20)23-24)17(19)21-11-13-7-3-4-9-15(13)25-2/h3-10H,11H2,1-2H3,(H2,19,21)(H2,20,23). The number of benzene rings is 2. The highest BCUT2D eigenvalue weighted by molar-refractivity contribution is 5.99. The lowest BCUT2D eigenvalue weighted by atomic mass is 10.2. The number of rotatable bonds is 5. The maximum atomic E-state index is 6.07. The number of aliphatic imine (C=N–C) groups is 1. The minimum Gasteiger partial charge on any atom is -0.496 e. The summed E-state index contributed by atoms with van der Waals surface area (Å²) in [5, 5.41) is 8.60. The number of ether oxygens (including phenoxy) is 1. The van der Waals surface area contributed by atoms with Gasteiger partial charge >= 0.3 is 0 Å². The van der Waals surface area contributed by atoms with Crippen LogP contribution in [-0.2, 0) is 6.54 Å². The van der Waals surface area contributed by atoms with Crippen molar-refractivity contribution in [1.82, 2.24) is 15.0 Å². The Labute approximate surface area is 145 Å². The van der Waals surface area contributed by atoms with Gasteiger partial charge in [0, 0.05) is 5.56 Å². The van der Waals surface area contributed by atoms with Crippen molar-refractivity contribution in [1.29, 1.82) is 0 Å². The number of aryl methyl sites for hydroxylation is 1. The molecule has 0 spiro atoms. The lowest BCUT2D eigenvalue weighted by molar-refractivity contribution is 0.410. The van der Waals surface area contributed by atoms with E-state index in [-0.39, 0.29) is 11.7 Å². The van der Waals surface area contributed by atoms with Crippen LogP contribution in [0.4, 0.5) is 5.82 Å². The van der Waals surface area contributed by atoms with Crippen molar-refractivity contribution in [2.45, 2.75) is 13.5 Å². The third-order valence-electron chi connectivity index (χ3n) is 3.73. The van der Waals surface area contributed by atoms with Crippen molar-refractivity contribution in [3.05, 3.63) is 65.4 Å². The number of nitrogens with two attached hydrogens (primary N) is 2. The smallest absolute Gasteiger partial charge is 0.177 e.